The largest absolute Gasteiger partial charge is 0.488 e. The van der Waals surface area contributed by atoms with Crippen molar-refractivity contribution in [3.05, 3.63) is 29.8 Å². The zero-order valence-electron chi connectivity index (χ0n) is 15.9. The minimum atomic E-state index is -1.08. The normalized spacial score (nSPS) is 13.2. The number of hydrogen-bond donors (Lipinski definition) is 2. The molecule has 0 aliphatic carbocycles. The Morgan fingerprint density at radius 1 is 1.04 bits per heavy atom. The highest BCUT2D eigenvalue weighted by molar-refractivity contribution is 5.96. The molecule has 6 heteroatoms. The minimum absolute atomic E-state index is 0.198. The summed E-state index contributed by atoms with van der Waals surface area (Å²) >= 11 is 0. The van der Waals surface area contributed by atoms with Crippen molar-refractivity contribution in [1.82, 2.24) is 5.32 Å². The minimum Gasteiger partial charge on any atom is -0.488 e. The highest BCUT2D eigenvalue weighted by Crippen LogP contribution is 2.18. The number of rotatable bonds is 7. The first-order valence-corrected chi connectivity index (χ1v) is 8.34. The molecule has 1 rings (SSSR count). The van der Waals surface area contributed by atoms with E-state index in [4.69, 9.17) is 9.47 Å². The average Bonchev–Trinajstić information content (AvgIpc) is 2.43. The molecular weight excluding hydrogens is 322 g/mol. The average molecular weight is 351 g/mol. The lowest BCUT2D eigenvalue weighted by molar-refractivity contribution is -0.140. The van der Waals surface area contributed by atoms with E-state index in [-0.39, 0.29) is 24.2 Å². The Bertz CT molecular complexity index is 581. The zero-order chi connectivity index (χ0) is 19.3. The van der Waals surface area contributed by atoms with Crippen LogP contribution in [-0.2, 0) is 9.53 Å². The van der Waals surface area contributed by atoms with Gasteiger partial charge in [0.2, 0.25) is 0 Å². The van der Waals surface area contributed by atoms with Crippen molar-refractivity contribution >= 4 is 11.9 Å². The molecule has 0 heterocycles. The van der Waals surface area contributed by atoms with E-state index in [1.807, 2.05) is 41.5 Å². The summed E-state index contributed by atoms with van der Waals surface area (Å²) in [4.78, 5) is 23.6. The predicted molar refractivity (Wildman–Crippen MR) is 96.0 cm³/mol. The highest BCUT2D eigenvalue weighted by Gasteiger charge is 2.22. The van der Waals surface area contributed by atoms with Gasteiger partial charge in [0.25, 0.3) is 5.91 Å². The van der Waals surface area contributed by atoms with Crippen LogP contribution in [0.1, 0.15) is 58.3 Å². The van der Waals surface area contributed by atoms with Crippen molar-refractivity contribution in [3.63, 3.8) is 0 Å². The van der Waals surface area contributed by atoms with Crippen LogP contribution in [0, 0.1) is 0 Å². The van der Waals surface area contributed by atoms with Crippen molar-refractivity contribution in [2.75, 3.05) is 6.61 Å². The Labute approximate surface area is 149 Å². The van der Waals surface area contributed by atoms with Gasteiger partial charge in [0.1, 0.15) is 17.4 Å². The van der Waals surface area contributed by atoms with Gasteiger partial charge in [0.15, 0.2) is 0 Å². The fraction of sp³-hybridized carbons (Fsp3) is 0.579. The first-order valence-electron chi connectivity index (χ1n) is 8.34. The standard InChI is InChI=1S/C19H29NO5/c1-18(2,3)24-12-11-15(17(22)23)20-16(21)13-7-9-14(10-8-13)25-19(4,5)6/h7-10,15H,11-12H2,1-6H3,(H,20,21)(H,22,23). The molecule has 1 aromatic carbocycles. The molecule has 140 valence electrons. The van der Waals surface area contributed by atoms with Gasteiger partial charge in [-0.2, -0.15) is 0 Å². The number of amides is 1. The van der Waals surface area contributed by atoms with E-state index in [0.29, 0.717) is 11.3 Å². The maximum Gasteiger partial charge on any atom is 0.326 e. The van der Waals surface area contributed by atoms with E-state index in [9.17, 15) is 14.7 Å². The molecule has 0 radical (unpaired) electrons. The lowest BCUT2D eigenvalue weighted by Gasteiger charge is -2.22. The molecular formula is C19H29NO5. The molecule has 0 bridgehead atoms. The number of benzene rings is 1. The molecule has 6 nitrogen and oxygen atoms in total. The number of nitrogens with one attached hydrogen (secondary N) is 1. The third-order valence-electron chi connectivity index (χ3n) is 3.09. The van der Waals surface area contributed by atoms with Gasteiger partial charge in [0.05, 0.1) is 5.60 Å². The molecule has 0 aliphatic rings. The third kappa shape index (κ3) is 8.54. The Kier molecular flexibility index (Phi) is 6.99. The van der Waals surface area contributed by atoms with Crippen LogP contribution in [-0.4, -0.2) is 40.8 Å². The molecule has 0 aliphatic heterocycles. The lowest BCUT2D eigenvalue weighted by Crippen LogP contribution is -2.42. The summed E-state index contributed by atoms with van der Waals surface area (Å²) in [7, 11) is 0. The van der Waals surface area contributed by atoms with Crippen LogP contribution in [0.15, 0.2) is 24.3 Å². The monoisotopic (exact) mass is 351 g/mol. The van der Waals surface area contributed by atoms with Crippen LogP contribution < -0.4 is 10.1 Å². The number of carbonyl (C=O) groups excluding carboxylic acids is 1. The molecule has 1 atom stereocenters. The van der Waals surface area contributed by atoms with Gasteiger partial charge in [-0.3, -0.25) is 4.79 Å². The number of carboxylic acid groups (broad SMARTS) is 1. The number of hydrogen-bond acceptors (Lipinski definition) is 4. The summed E-state index contributed by atoms with van der Waals surface area (Å²) in [5.74, 6) is -0.874. The van der Waals surface area contributed by atoms with Crippen molar-refractivity contribution < 1.29 is 24.2 Å². The first kappa shape index (κ1) is 21.0. The summed E-state index contributed by atoms with van der Waals surface area (Å²) in [5, 5.41) is 11.8. The van der Waals surface area contributed by atoms with Crippen LogP contribution in [0.25, 0.3) is 0 Å². The highest BCUT2D eigenvalue weighted by atomic mass is 16.5. The van der Waals surface area contributed by atoms with E-state index >= 15 is 0 Å². The van der Waals surface area contributed by atoms with Crippen LogP contribution in [0.3, 0.4) is 0 Å². The topological polar surface area (TPSA) is 84.9 Å². The van der Waals surface area contributed by atoms with E-state index in [1.165, 1.54) is 0 Å². The fourth-order valence-corrected chi connectivity index (χ4v) is 2.01. The Morgan fingerprint density at radius 2 is 1.60 bits per heavy atom. The van der Waals surface area contributed by atoms with E-state index in [2.05, 4.69) is 5.32 Å². The zero-order valence-corrected chi connectivity index (χ0v) is 15.9. The van der Waals surface area contributed by atoms with Gasteiger partial charge >= 0.3 is 5.97 Å². The molecule has 1 amide bonds. The summed E-state index contributed by atoms with van der Waals surface area (Å²) in [5.41, 5.74) is -0.300. The van der Waals surface area contributed by atoms with E-state index in [0.717, 1.165) is 0 Å². The summed E-state index contributed by atoms with van der Waals surface area (Å²) < 4.78 is 11.2. The van der Waals surface area contributed by atoms with Crippen molar-refractivity contribution in [2.45, 2.75) is 65.2 Å². The molecule has 0 fully saturated rings. The van der Waals surface area contributed by atoms with Gasteiger partial charge in [-0.15, -0.1) is 0 Å². The van der Waals surface area contributed by atoms with Gasteiger partial charge in [-0.25, -0.2) is 4.79 Å². The molecule has 0 saturated carbocycles. The van der Waals surface area contributed by atoms with Crippen molar-refractivity contribution in [3.8, 4) is 5.75 Å². The smallest absolute Gasteiger partial charge is 0.326 e. The third-order valence-corrected chi connectivity index (χ3v) is 3.09. The van der Waals surface area contributed by atoms with E-state index in [1.54, 1.807) is 24.3 Å². The number of aliphatic carboxylic acids is 1. The number of ether oxygens (including phenoxy) is 2. The van der Waals surface area contributed by atoms with Gasteiger partial charge in [-0.05, 0) is 65.8 Å². The van der Waals surface area contributed by atoms with Gasteiger partial charge in [-0.1, -0.05) is 0 Å². The Hall–Kier alpha value is -2.08. The van der Waals surface area contributed by atoms with Gasteiger partial charge in [0, 0.05) is 18.6 Å². The van der Waals surface area contributed by atoms with Crippen LogP contribution in [0.5, 0.6) is 5.75 Å². The second kappa shape index (κ2) is 8.34. The summed E-state index contributed by atoms with van der Waals surface area (Å²) in [6.45, 7) is 11.7. The fourth-order valence-electron chi connectivity index (χ4n) is 2.01. The summed E-state index contributed by atoms with van der Waals surface area (Å²) in [6.07, 6.45) is 0.198. The van der Waals surface area contributed by atoms with Crippen molar-refractivity contribution in [2.24, 2.45) is 0 Å². The SMILES string of the molecule is CC(C)(C)OCCC(NC(=O)c1ccc(OC(C)(C)C)cc1)C(=O)O. The maximum absolute atomic E-state index is 12.3. The second-order valence-corrected chi connectivity index (χ2v) is 7.85. The molecule has 1 aromatic rings. The molecule has 25 heavy (non-hydrogen) atoms. The maximum atomic E-state index is 12.3. The summed E-state index contributed by atoms with van der Waals surface area (Å²) in [6, 6.07) is 5.61. The Balaban J connectivity index is 2.66. The van der Waals surface area contributed by atoms with Crippen molar-refractivity contribution in [1.29, 1.82) is 0 Å². The van der Waals surface area contributed by atoms with Crippen LogP contribution >= 0.6 is 0 Å². The molecule has 0 spiro atoms. The molecule has 2 N–H and O–H groups in total. The number of carboxylic acids is 1. The predicted octanol–water partition coefficient (Wildman–Crippen LogP) is 3.25. The van der Waals surface area contributed by atoms with E-state index < -0.39 is 17.9 Å². The molecule has 0 aromatic heterocycles. The second-order valence-electron chi connectivity index (χ2n) is 7.85. The van der Waals surface area contributed by atoms with Gasteiger partial charge < -0.3 is 19.9 Å². The first-order chi connectivity index (χ1) is 11.4. The molecule has 0 saturated heterocycles. The quantitative estimate of drug-likeness (QED) is 0.788. The lowest BCUT2D eigenvalue weighted by atomic mass is 10.1. The molecule has 1 unspecified atom stereocenters. The Morgan fingerprint density at radius 3 is 2.04 bits per heavy atom. The van der Waals surface area contributed by atoms with Crippen LogP contribution in [0.2, 0.25) is 0 Å². The number of carbonyl (C=O) groups is 2. The van der Waals surface area contributed by atoms with Crippen LogP contribution in [0.4, 0.5) is 0 Å².